The largest absolute Gasteiger partial charge is 0.351 e. The molecule has 13 heteroatoms. The van der Waals surface area contributed by atoms with Gasteiger partial charge < -0.3 is 26.6 Å². The Bertz CT molecular complexity index is 1530. The molecule has 11 nitrogen and oxygen atoms in total. The second-order valence-corrected chi connectivity index (χ2v) is 14.8. The minimum atomic E-state index is -0.874. The second kappa shape index (κ2) is 15.9. The molecule has 5 N–H and O–H groups in total. The SMILES string of the molecule is CC(C)C[C@@H]1NC(=O)CCCN(C(=O)C2(N)CCCC2)CCCNC(=O)c2csc(n2)[C@H](Cc2ccccc2)NC(=O)c2csc1n2. The van der Waals surface area contributed by atoms with Gasteiger partial charge >= 0.3 is 0 Å². The van der Waals surface area contributed by atoms with Crippen LogP contribution >= 0.6 is 22.7 Å². The van der Waals surface area contributed by atoms with Crippen LogP contribution in [0.3, 0.4) is 0 Å². The summed E-state index contributed by atoms with van der Waals surface area (Å²) in [7, 11) is 0. The Morgan fingerprint density at radius 2 is 1.55 bits per heavy atom. The lowest BCUT2D eigenvalue weighted by Gasteiger charge is -2.32. The van der Waals surface area contributed by atoms with E-state index < -0.39 is 11.6 Å². The van der Waals surface area contributed by atoms with Gasteiger partial charge in [-0.05, 0) is 50.0 Å². The van der Waals surface area contributed by atoms with Gasteiger partial charge in [-0.15, -0.1) is 22.7 Å². The maximum Gasteiger partial charge on any atom is 0.271 e. The van der Waals surface area contributed by atoms with Crippen molar-refractivity contribution in [3.63, 3.8) is 0 Å². The maximum atomic E-state index is 13.6. The highest BCUT2D eigenvalue weighted by atomic mass is 32.1. The highest BCUT2D eigenvalue weighted by molar-refractivity contribution is 7.10. The molecule has 1 aliphatic heterocycles. The lowest BCUT2D eigenvalue weighted by atomic mass is 9.97. The number of hydrogen-bond donors (Lipinski definition) is 4. The number of amides is 4. The molecular weight excluding hydrogens is 635 g/mol. The van der Waals surface area contributed by atoms with Gasteiger partial charge in [-0.1, -0.05) is 57.0 Å². The molecule has 252 valence electrons. The first-order chi connectivity index (χ1) is 22.6. The van der Waals surface area contributed by atoms with Crippen molar-refractivity contribution < 1.29 is 19.2 Å². The number of rotatable bonds is 5. The summed E-state index contributed by atoms with van der Waals surface area (Å²) in [6, 6.07) is 8.97. The van der Waals surface area contributed by atoms with E-state index in [0.717, 1.165) is 18.4 Å². The average molecular weight is 680 g/mol. The molecule has 1 aliphatic carbocycles. The van der Waals surface area contributed by atoms with Crippen molar-refractivity contribution in [2.75, 3.05) is 19.6 Å². The van der Waals surface area contributed by atoms with Gasteiger partial charge in [-0.3, -0.25) is 19.2 Å². The molecule has 2 aliphatic rings. The molecule has 47 heavy (non-hydrogen) atoms. The first-order valence-corrected chi connectivity index (χ1v) is 18.3. The number of carbonyl (C=O) groups excluding carboxylic acids is 4. The fourth-order valence-corrected chi connectivity index (χ4v) is 7.90. The van der Waals surface area contributed by atoms with Crippen LogP contribution in [-0.4, -0.2) is 63.7 Å². The van der Waals surface area contributed by atoms with Crippen LogP contribution in [0.4, 0.5) is 0 Å². The lowest BCUT2D eigenvalue weighted by Crippen LogP contribution is -2.54. The normalized spacial score (nSPS) is 21.4. The second-order valence-electron chi connectivity index (χ2n) is 13.0. The topological polar surface area (TPSA) is 159 Å². The summed E-state index contributed by atoms with van der Waals surface area (Å²) >= 11 is 2.67. The highest BCUT2D eigenvalue weighted by Gasteiger charge is 2.39. The van der Waals surface area contributed by atoms with E-state index >= 15 is 0 Å². The molecule has 0 unspecified atom stereocenters. The van der Waals surface area contributed by atoms with Crippen LogP contribution in [0.2, 0.25) is 0 Å². The summed E-state index contributed by atoms with van der Waals surface area (Å²) in [5.41, 5.74) is 7.23. The van der Waals surface area contributed by atoms with Gasteiger partial charge in [0, 0.05) is 36.8 Å². The van der Waals surface area contributed by atoms with E-state index in [-0.39, 0.29) is 53.4 Å². The first kappa shape index (κ1) is 34.6. The van der Waals surface area contributed by atoms with Crippen molar-refractivity contribution in [1.29, 1.82) is 0 Å². The van der Waals surface area contributed by atoms with Crippen molar-refractivity contribution in [3.8, 4) is 0 Å². The molecule has 0 saturated heterocycles. The molecule has 2 aromatic heterocycles. The van der Waals surface area contributed by atoms with Gasteiger partial charge in [0.05, 0.1) is 17.6 Å². The predicted molar refractivity (Wildman–Crippen MR) is 183 cm³/mol. The molecule has 4 bridgehead atoms. The Balaban J connectivity index is 1.40. The Hall–Kier alpha value is -3.68. The zero-order valence-electron chi connectivity index (χ0n) is 27.1. The number of thiazole rings is 2. The zero-order valence-corrected chi connectivity index (χ0v) is 28.8. The van der Waals surface area contributed by atoms with Crippen LogP contribution in [0, 0.1) is 5.92 Å². The molecule has 1 fully saturated rings. The Morgan fingerprint density at radius 1 is 0.915 bits per heavy atom. The highest BCUT2D eigenvalue weighted by Crippen LogP contribution is 2.30. The van der Waals surface area contributed by atoms with Crippen molar-refractivity contribution in [2.45, 2.75) is 89.3 Å². The Labute approximate surface area is 284 Å². The van der Waals surface area contributed by atoms with Crippen LogP contribution in [-0.2, 0) is 16.0 Å². The van der Waals surface area contributed by atoms with Gasteiger partial charge in [0.25, 0.3) is 11.8 Å². The number of nitrogens with one attached hydrogen (secondary N) is 3. The fourth-order valence-electron chi connectivity index (χ4n) is 6.19. The van der Waals surface area contributed by atoms with Crippen LogP contribution in [0.1, 0.15) is 114 Å². The number of benzene rings is 1. The third-order valence-electron chi connectivity index (χ3n) is 8.67. The number of aromatic nitrogens is 2. The number of fused-ring (bicyclic) bond motifs is 4. The van der Waals surface area contributed by atoms with Gasteiger partial charge in [0.2, 0.25) is 11.8 Å². The van der Waals surface area contributed by atoms with Gasteiger partial charge in [0.1, 0.15) is 21.4 Å². The molecule has 0 radical (unpaired) electrons. The van der Waals surface area contributed by atoms with Crippen LogP contribution < -0.4 is 21.7 Å². The summed E-state index contributed by atoms with van der Waals surface area (Å²) in [6.07, 6.45) is 5.55. The molecule has 4 amide bonds. The molecule has 3 aromatic rings. The minimum absolute atomic E-state index is 0.0844. The van der Waals surface area contributed by atoms with Crippen LogP contribution in [0.25, 0.3) is 0 Å². The molecule has 1 saturated carbocycles. The van der Waals surface area contributed by atoms with Crippen molar-refractivity contribution >= 4 is 46.3 Å². The summed E-state index contributed by atoms with van der Waals surface area (Å²) in [5, 5.41) is 13.8. The average Bonchev–Trinajstić information content (AvgIpc) is 3.83. The Kier molecular flexibility index (Phi) is 11.8. The molecule has 2 atom stereocenters. The van der Waals surface area contributed by atoms with E-state index in [9.17, 15) is 19.2 Å². The first-order valence-electron chi connectivity index (χ1n) is 16.5. The van der Waals surface area contributed by atoms with E-state index in [1.807, 2.05) is 30.3 Å². The Morgan fingerprint density at radius 3 is 2.23 bits per heavy atom. The van der Waals surface area contributed by atoms with Crippen LogP contribution in [0.5, 0.6) is 0 Å². The van der Waals surface area contributed by atoms with Crippen molar-refractivity contribution in [3.05, 3.63) is 68.1 Å². The standard InChI is InChI=1S/C34H45N7O4S2/c1-22(2)18-24-31-40-27(21-47-31)30(44)38-25(19-23-10-4-3-5-11-23)32-39-26(20-46-32)29(43)36-15-9-17-41(16-8-12-28(42)37-24)33(45)34(35)13-6-7-14-34/h3-5,10-11,20-22,24-25H,6-9,12-19,35H2,1-2H3,(H,36,43)(H,37,42)(H,38,44)/t24-,25-/m0/s1. The number of nitrogens with two attached hydrogens (primary N) is 1. The minimum Gasteiger partial charge on any atom is -0.351 e. The molecule has 3 heterocycles. The smallest absolute Gasteiger partial charge is 0.271 e. The maximum absolute atomic E-state index is 13.6. The van der Waals surface area contributed by atoms with E-state index in [4.69, 9.17) is 5.73 Å². The van der Waals surface area contributed by atoms with E-state index in [0.29, 0.717) is 68.2 Å². The number of carbonyl (C=O) groups is 4. The third kappa shape index (κ3) is 9.23. The molecular formula is C34H45N7O4S2. The molecule has 0 spiro atoms. The van der Waals surface area contributed by atoms with Crippen molar-refractivity contribution in [1.82, 2.24) is 30.8 Å². The van der Waals surface area contributed by atoms with E-state index in [1.54, 1.807) is 15.7 Å². The fraction of sp³-hybridized carbons (Fsp3) is 0.529. The van der Waals surface area contributed by atoms with E-state index in [2.05, 4.69) is 39.8 Å². The molecule has 1 aromatic carbocycles. The quantitative estimate of drug-likeness (QED) is 0.308. The monoisotopic (exact) mass is 679 g/mol. The summed E-state index contributed by atoms with van der Waals surface area (Å²) in [4.78, 5) is 64.4. The van der Waals surface area contributed by atoms with Gasteiger partial charge in [0.15, 0.2) is 0 Å². The predicted octanol–water partition coefficient (Wildman–Crippen LogP) is 4.53. The van der Waals surface area contributed by atoms with Gasteiger partial charge in [-0.25, -0.2) is 9.97 Å². The lowest BCUT2D eigenvalue weighted by molar-refractivity contribution is -0.137. The molecule has 5 rings (SSSR count). The third-order valence-corrected chi connectivity index (χ3v) is 10.6. The van der Waals surface area contributed by atoms with Gasteiger partial charge in [-0.2, -0.15) is 0 Å². The summed E-state index contributed by atoms with van der Waals surface area (Å²) < 4.78 is 0. The number of hydrogen-bond acceptors (Lipinski definition) is 9. The van der Waals surface area contributed by atoms with Crippen LogP contribution in [0.15, 0.2) is 41.1 Å². The summed E-state index contributed by atoms with van der Waals surface area (Å²) in [5.74, 6) is -0.599. The number of nitrogens with zero attached hydrogens (tertiary/aromatic N) is 3. The summed E-state index contributed by atoms with van der Waals surface area (Å²) in [6.45, 7) is 5.33. The zero-order chi connectivity index (χ0) is 33.4. The van der Waals surface area contributed by atoms with E-state index in [1.165, 1.54) is 22.7 Å². The van der Waals surface area contributed by atoms with Crippen molar-refractivity contribution in [2.24, 2.45) is 11.7 Å².